The molecule has 1 unspecified atom stereocenters. The average molecular weight is 324 g/mol. The monoisotopic (exact) mass is 324 g/mol. The number of carboxylic acids is 1. The Hall–Kier alpha value is -1.68. The van der Waals surface area contributed by atoms with Crippen molar-refractivity contribution in [3.05, 3.63) is 0 Å². The largest absolute Gasteiger partial charge is 0.480 e. The molecule has 10 heteroatoms. The van der Waals surface area contributed by atoms with Crippen LogP contribution in [0, 0.1) is 0 Å². The van der Waals surface area contributed by atoms with Gasteiger partial charge in [-0.3, -0.25) is 9.59 Å². The summed E-state index contributed by atoms with van der Waals surface area (Å²) in [7, 11) is -2.45. The van der Waals surface area contributed by atoms with Crippen LogP contribution < -0.4 is 10.6 Å². The molecule has 122 valence electrons. The van der Waals surface area contributed by atoms with Crippen molar-refractivity contribution in [1.29, 1.82) is 0 Å². The SMILES string of the molecule is COCCCNC(=O)CS(=O)(=O)CC(NC(C)=O)C(=O)O. The van der Waals surface area contributed by atoms with Gasteiger partial charge in [0.25, 0.3) is 0 Å². The summed E-state index contributed by atoms with van der Waals surface area (Å²) < 4.78 is 28.2. The molecular formula is C11H20N2O7S. The van der Waals surface area contributed by atoms with Gasteiger partial charge in [0.1, 0.15) is 11.8 Å². The molecule has 0 rings (SSSR count). The number of nitrogens with one attached hydrogen (secondary N) is 2. The van der Waals surface area contributed by atoms with Gasteiger partial charge in [0.2, 0.25) is 11.8 Å². The van der Waals surface area contributed by atoms with Gasteiger partial charge < -0.3 is 20.5 Å². The minimum absolute atomic E-state index is 0.260. The topological polar surface area (TPSA) is 139 Å². The molecule has 0 aliphatic rings. The van der Waals surface area contributed by atoms with Gasteiger partial charge >= 0.3 is 5.97 Å². The maximum absolute atomic E-state index is 11.7. The highest BCUT2D eigenvalue weighted by atomic mass is 32.2. The van der Waals surface area contributed by atoms with Gasteiger partial charge in [-0.05, 0) is 6.42 Å². The van der Waals surface area contributed by atoms with E-state index in [0.29, 0.717) is 13.0 Å². The Balaban J connectivity index is 4.43. The average Bonchev–Trinajstić information content (AvgIpc) is 2.32. The summed E-state index contributed by atoms with van der Waals surface area (Å²) in [5.74, 6) is -4.54. The Morgan fingerprint density at radius 3 is 2.38 bits per heavy atom. The molecule has 0 bridgehead atoms. The maximum Gasteiger partial charge on any atom is 0.327 e. The first-order valence-corrected chi connectivity index (χ1v) is 7.96. The van der Waals surface area contributed by atoms with Crippen LogP contribution in [0.1, 0.15) is 13.3 Å². The summed E-state index contributed by atoms with van der Waals surface area (Å²) in [5.41, 5.74) is 0. The number of hydrogen-bond donors (Lipinski definition) is 3. The molecule has 0 saturated carbocycles. The minimum atomic E-state index is -3.95. The lowest BCUT2D eigenvalue weighted by Gasteiger charge is -2.13. The van der Waals surface area contributed by atoms with Gasteiger partial charge in [-0.1, -0.05) is 0 Å². The van der Waals surface area contributed by atoms with Crippen molar-refractivity contribution in [1.82, 2.24) is 10.6 Å². The van der Waals surface area contributed by atoms with Gasteiger partial charge in [-0.15, -0.1) is 0 Å². The Morgan fingerprint density at radius 2 is 1.90 bits per heavy atom. The smallest absolute Gasteiger partial charge is 0.327 e. The molecule has 0 aromatic carbocycles. The van der Waals surface area contributed by atoms with Crippen LogP contribution in [0.25, 0.3) is 0 Å². The Bertz CT molecular complexity index is 475. The number of hydrogen-bond acceptors (Lipinski definition) is 6. The molecular weight excluding hydrogens is 304 g/mol. The van der Waals surface area contributed by atoms with Crippen LogP contribution in [0.4, 0.5) is 0 Å². The molecule has 0 aliphatic heterocycles. The quantitative estimate of drug-likeness (QED) is 0.401. The number of sulfone groups is 1. The molecule has 0 aromatic heterocycles. The summed E-state index contributed by atoms with van der Waals surface area (Å²) in [4.78, 5) is 33.1. The van der Waals surface area contributed by atoms with E-state index in [4.69, 9.17) is 9.84 Å². The first kappa shape index (κ1) is 19.3. The first-order valence-electron chi connectivity index (χ1n) is 6.14. The Morgan fingerprint density at radius 1 is 1.29 bits per heavy atom. The lowest BCUT2D eigenvalue weighted by molar-refractivity contribution is -0.140. The number of carbonyl (C=O) groups is 3. The third-order valence-electron chi connectivity index (χ3n) is 2.29. The van der Waals surface area contributed by atoms with Gasteiger partial charge in [0, 0.05) is 27.2 Å². The third-order valence-corrected chi connectivity index (χ3v) is 3.84. The van der Waals surface area contributed by atoms with Crippen molar-refractivity contribution in [2.45, 2.75) is 19.4 Å². The normalized spacial score (nSPS) is 12.5. The van der Waals surface area contributed by atoms with E-state index in [2.05, 4.69) is 5.32 Å². The molecule has 0 aromatic rings. The maximum atomic E-state index is 11.7. The van der Waals surface area contributed by atoms with Crippen LogP contribution >= 0.6 is 0 Å². The molecule has 1 atom stereocenters. The standard InChI is InChI=1S/C11H20N2O7S/c1-8(14)13-9(11(16)17)6-21(18,19)7-10(15)12-4-3-5-20-2/h9H,3-7H2,1-2H3,(H,12,15)(H,13,14)(H,16,17). The molecule has 21 heavy (non-hydrogen) atoms. The molecule has 0 saturated heterocycles. The van der Waals surface area contributed by atoms with Crippen molar-refractivity contribution in [3.63, 3.8) is 0 Å². The van der Waals surface area contributed by atoms with Gasteiger partial charge in [-0.2, -0.15) is 0 Å². The lowest BCUT2D eigenvalue weighted by atomic mass is 10.3. The van der Waals surface area contributed by atoms with Crippen LogP contribution in [0.3, 0.4) is 0 Å². The molecule has 0 heterocycles. The second-order valence-electron chi connectivity index (χ2n) is 4.34. The fourth-order valence-corrected chi connectivity index (χ4v) is 2.78. The minimum Gasteiger partial charge on any atom is -0.480 e. The van der Waals surface area contributed by atoms with Crippen LogP contribution in [-0.4, -0.2) is 69.1 Å². The summed E-state index contributed by atoms with van der Waals surface area (Å²) in [6, 6.07) is -1.58. The predicted octanol–water partition coefficient (Wildman–Crippen LogP) is -1.86. The molecule has 0 aliphatic carbocycles. The first-order chi connectivity index (χ1) is 9.68. The van der Waals surface area contributed by atoms with E-state index in [-0.39, 0.29) is 6.54 Å². The number of rotatable bonds is 10. The highest BCUT2D eigenvalue weighted by Gasteiger charge is 2.27. The number of methoxy groups -OCH3 is 1. The number of carboxylic acid groups (broad SMARTS) is 1. The van der Waals surface area contributed by atoms with E-state index in [1.807, 2.05) is 5.32 Å². The molecule has 0 spiro atoms. The van der Waals surface area contributed by atoms with Crippen molar-refractivity contribution in [2.24, 2.45) is 0 Å². The molecule has 3 N–H and O–H groups in total. The van der Waals surface area contributed by atoms with Gasteiger partial charge in [0.15, 0.2) is 9.84 Å². The summed E-state index contributed by atoms with van der Waals surface area (Å²) in [6.07, 6.45) is 0.534. The number of carbonyl (C=O) groups excluding carboxylic acids is 2. The van der Waals surface area contributed by atoms with E-state index in [9.17, 15) is 22.8 Å². The highest BCUT2D eigenvalue weighted by Crippen LogP contribution is 1.97. The summed E-state index contributed by atoms with van der Waals surface area (Å²) in [5, 5.41) is 13.2. The molecule has 0 fully saturated rings. The van der Waals surface area contributed by atoms with E-state index in [1.165, 1.54) is 7.11 Å². The van der Waals surface area contributed by atoms with E-state index >= 15 is 0 Å². The lowest BCUT2D eigenvalue weighted by Crippen LogP contribution is -2.46. The number of aliphatic carboxylic acids is 1. The van der Waals surface area contributed by atoms with E-state index in [1.54, 1.807) is 0 Å². The summed E-state index contributed by atoms with van der Waals surface area (Å²) in [6.45, 7) is 1.76. The van der Waals surface area contributed by atoms with Crippen LogP contribution in [0.2, 0.25) is 0 Å². The Kier molecular flexibility index (Phi) is 8.55. The van der Waals surface area contributed by atoms with Crippen molar-refractivity contribution >= 4 is 27.6 Å². The van der Waals surface area contributed by atoms with Gasteiger partial charge in [-0.25, -0.2) is 13.2 Å². The zero-order valence-electron chi connectivity index (χ0n) is 11.9. The van der Waals surface area contributed by atoms with Crippen LogP contribution in [-0.2, 0) is 29.0 Å². The van der Waals surface area contributed by atoms with E-state index in [0.717, 1.165) is 6.92 Å². The van der Waals surface area contributed by atoms with Crippen molar-refractivity contribution in [2.75, 3.05) is 31.8 Å². The third kappa shape index (κ3) is 9.79. The van der Waals surface area contributed by atoms with Crippen LogP contribution in [0.15, 0.2) is 0 Å². The highest BCUT2D eigenvalue weighted by molar-refractivity contribution is 7.92. The molecule has 2 amide bonds. The number of ether oxygens (including phenoxy) is 1. The second kappa shape index (κ2) is 9.29. The molecule has 0 radical (unpaired) electrons. The predicted molar refractivity (Wildman–Crippen MR) is 73.4 cm³/mol. The molecule has 9 nitrogen and oxygen atoms in total. The fraction of sp³-hybridized carbons (Fsp3) is 0.727. The van der Waals surface area contributed by atoms with Crippen molar-refractivity contribution in [3.8, 4) is 0 Å². The number of amides is 2. The zero-order valence-corrected chi connectivity index (χ0v) is 12.7. The van der Waals surface area contributed by atoms with Gasteiger partial charge in [0.05, 0.1) is 5.75 Å². The summed E-state index contributed by atoms with van der Waals surface area (Å²) >= 11 is 0. The fourth-order valence-electron chi connectivity index (χ4n) is 1.43. The van der Waals surface area contributed by atoms with Crippen LogP contribution in [0.5, 0.6) is 0 Å². The Labute approximate surface area is 123 Å². The van der Waals surface area contributed by atoms with Crippen molar-refractivity contribution < 1.29 is 32.6 Å². The van der Waals surface area contributed by atoms with E-state index < -0.39 is 45.2 Å². The second-order valence-corrected chi connectivity index (χ2v) is 6.45. The zero-order chi connectivity index (χ0) is 16.5.